The third-order valence-electron chi connectivity index (χ3n) is 5.62. The van der Waals surface area contributed by atoms with Crippen LogP contribution in [0.4, 0.5) is 5.13 Å². The van der Waals surface area contributed by atoms with Gasteiger partial charge in [-0.3, -0.25) is 4.79 Å². The molecule has 4 rings (SSSR count). The van der Waals surface area contributed by atoms with E-state index in [1.807, 2.05) is 24.0 Å². The van der Waals surface area contributed by atoms with Crippen LogP contribution in [0.2, 0.25) is 0 Å². The van der Waals surface area contributed by atoms with E-state index in [-0.39, 0.29) is 17.7 Å². The molecule has 1 aromatic carbocycles. The third-order valence-corrected chi connectivity index (χ3v) is 6.42. The number of carbonyl (C=O) groups excluding carboxylic acids is 1. The molecule has 0 bridgehead atoms. The lowest BCUT2D eigenvalue weighted by Crippen LogP contribution is -2.46. The van der Waals surface area contributed by atoms with Gasteiger partial charge in [-0.05, 0) is 32.3 Å². The molecule has 152 valence electrons. The van der Waals surface area contributed by atoms with Crippen LogP contribution < -0.4 is 5.32 Å². The van der Waals surface area contributed by atoms with Gasteiger partial charge in [0.15, 0.2) is 5.13 Å². The molecule has 0 atom stereocenters. The van der Waals surface area contributed by atoms with Gasteiger partial charge in [0.25, 0.3) is 0 Å². The van der Waals surface area contributed by atoms with Gasteiger partial charge in [-0.15, -0.1) is 11.3 Å². The zero-order chi connectivity index (χ0) is 20.3. The van der Waals surface area contributed by atoms with Gasteiger partial charge in [0.05, 0.1) is 17.8 Å². The van der Waals surface area contributed by atoms with Crippen LogP contribution >= 0.6 is 11.3 Å². The summed E-state index contributed by atoms with van der Waals surface area (Å²) in [5.74, 6) is 0.719. The van der Waals surface area contributed by atoms with Crippen LogP contribution in [0.5, 0.6) is 0 Å². The number of nitrogens with one attached hydrogen (secondary N) is 1. The first-order chi connectivity index (χ1) is 14.1. The summed E-state index contributed by atoms with van der Waals surface area (Å²) in [5, 5.41) is 10.3. The zero-order valence-corrected chi connectivity index (χ0v) is 17.7. The lowest BCUT2D eigenvalue weighted by Gasteiger charge is -2.41. The minimum absolute atomic E-state index is 0.0921. The molecular formula is C22H26N4O2S. The topological polar surface area (TPSA) is 71.3 Å². The molecule has 1 N–H and O–H groups in total. The molecule has 29 heavy (non-hydrogen) atoms. The van der Waals surface area contributed by atoms with Gasteiger partial charge in [0.1, 0.15) is 5.76 Å². The summed E-state index contributed by atoms with van der Waals surface area (Å²) in [5.41, 5.74) is 3.01. The van der Waals surface area contributed by atoms with Gasteiger partial charge in [-0.25, -0.2) is 4.98 Å². The summed E-state index contributed by atoms with van der Waals surface area (Å²) in [7, 11) is 0. The van der Waals surface area contributed by atoms with E-state index in [9.17, 15) is 4.79 Å². The highest BCUT2D eigenvalue weighted by Crippen LogP contribution is 2.42. The van der Waals surface area contributed by atoms with E-state index in [1.54, 1.807) is 11.3 Å². The SMILES string of the molecule is CCNc1nc(C2(c3ccccc3)CCN(C(=O)Cc3cc(C)no3)CC2)cs1. The second-order valence-electron chi connectivity index (χ2n) is 7.51. The van der Waals surface area contributed by atoms with Crippen molar-refractivity contribution in [3.8, 4) is 0 Å². The fraction of sp³-hybridized carbons (Fsp3) is 0.409. The van der Waals surface area contributed by atoms with E-state index in [1.165, 1.54) is 5.56 Å². The summed E-state index contributed by atoms with van der Waals surface area (Å²) in [6.45, 7) is 6.20. The number of aryl methyl sites for hydroxylation is 1. The second kappa shape index (κ2) is 8.37. The number of amides is 1. The molecule has 1 aliphatic rings. The van der Waals surface area contributed by atoms with Crippen molar-refractivity contribution in [2.24, 2.45) is 0 Å². The number of rotatable bonds is 6. The summed E-state index contributed by atoms with van der Waals surface area (Å²) in [4.78, 5) is 19.6. The number of likely N-dealkylation sites (tertiary alicyclic amines) is 1. The molecule has 0 unspecified atom stereocenters. The standard InChI is InChI=1S/C22H26N4O2S/c1-3-23-21-24-19(15-29-21)22(17-7-5-4-6-8-17)9-11-26(12-10-22)20(27)14-18-13-16(2)25-28-18/h4-8,13,15H,3,9-12,14H2,1-2H3,(H,23,24). The summed E-state index contributed by atoms with van der Waals surface area (Å²) in [6.07, 6.45) is 1.97. The van der Waals surface area contributed by atoms with Gasteiger partial charge >= 0.3 is 0 Å². The van der Waals surface area contributed by atoms with Crippen molar-refractivity contribution in [1.29, 1.82) is 0 Å². The highest BCUT2D eigenvalue weighted by molar-refractivity contribution is 7.13. The van der Waals surface area contributed by atoms with Gasteiger partial charge in [0, 0.05) is 36.5 Å². The first kappa shape index (κ1) is 19.6. The Morgan fingerprint density at radius 2 is 2.03 bits per heavy atom. The van der Waals surface area contributed by atoms with E-state index >= 15 is 0 Å². The van der Waals surface area contributed by atoms with Gasteiger partial charge in [-0.1, -0.05) is 35.5 Å². The number of thiazole rings is 1. The largest absolute Gasteiger partial charge is 0.362 e. The molecule has 2 aromatic heterocycles. The maximum absolute atomic E-state index is 12.8. The van der Waals surface area contributed by atoms with Gasteiger partial charge < -0.3 is 14.7 Å². The summed E-state index contributed by atoms with van der Waals surface area (Å²) >= 11 is 1.65. The highest BCUT2D eigenvalue weighted by atomic mass is 32.1. The van der Waals surface area contributed by atoms with Crippen molar-refractivity contribution in [2.45, 2.75) is 38.5 Å². The van der Waals surface area contributed by atoms with Crippen molar-refractivity contribution in [1.82, 2.24) is 15.0 Å². The molecule has 6 nitrogen and oxygen atoms in total. The Balaban J connectivity index is 1.54. The van der Waals surface area contributed by atoms with E-state index in [2.05, 4.69) is 47.0 Å². The van der Waals surface area contributed by atoms with Crippen LogP contribution in [-0.2, 0) is 16.6 Å². The molecule has 3 aromatic rings. The van der Waals surface area contributed by atoms with Gasteiger partial charge in [0.2, 0.25) is 5.91 Å². The number of aromatic nitrogens is 2. The lowest BCUT2D eigenvalue weighted by atomic mass is 9.70. The number of anilines is 1. The quantitative estimate of drug-likeness (QED) is 0.664. The minimum Gasteiger partial charge on any atom is -0.362 e. The number of piperidine rings is 1. The maximum atomic E-state index is 12.8. The molecule has 1 aliphatic heterocycles. The molecule has 1 saturated heterocycles. The van der Waals surface area contributed by atoms with Crippen LogP contribution in [-0.4, -0.2) is 40.6 Å². The Morgan fingerprint density at radius 3 is 2.69 bits per heavy atom. The van der Waals surface area contributed by atoms with Crippen molar-refractivity contribution in [3.63, 3.8) is 0 Å². The zero-order valence-electron chi connectivity index (χ0n) is 16.9. The van der Waals surface area contributed by atoms with Crippen LogP contribution in [0.15, 0.2) is 46.3 Å². The maximum Gasteiger partial charge on any atom is 0.230 e. The van der Waals surface area contributed by atoms with Crippen LogP contribution in [0.25, 0.3) is 0 Å². The summed E-state index contributed by atoms with van der Waals surface area (Å²) < 4.78 is 5.22. The molecule has 1 fully saturated rings. The Hall–Kier alpha value is -2.67. The smallest absolute Gasteiger partial charge is 0.230 e. The fourth-order valence-electron chi connectivity index (χ4n) is 4.07. The van der Waals surface area contributed by atoms with Crippen LogP contribution in [0.1, 0.15) is 42.5 Å². The third kappa shape index (κ3) is 4.05. The minimum atomic E-state index is -0.162. The average molecular weight is 411 g/mol. The van der Waals surface area contributed by atoms with Crippen LogP contribution in [0, 0.1) is 6.92 Å². The number of hydrogen-bond acceptors (Lipinski definition) is 6. The Bertz CT molecular complexity index is 958. The van der Waals surface area contributed by atoms with Crippen molar-refractivity contribution < 1.29 is 9.32 Å². The van der Waals surface area contributed by atoms with E-state index < -0.39 is 0 Å². The monoisotopic (exact) mass is 410 g/mol. The number of nitrogens with zero attached hydrogens (tertiary/aromatic N) is 3. The number of hydrogen-bond donors (Lipinski definition) is 1. The number of benzene rings is 1. The molecule has 7 heteroatoms. The average Bonchev–Trinajstić information content (AvgIpc) is 3.38. The van der Waals surface area contributed by atoms with Crippen molar-refractivity contribution in [3.05, 3.63) is 64.5 Å². The normalized spacial score (nSPS) is 16.0. The Labute approximate surface area is 174 Å². The molecule has 0 spiro atoms. The molecule has 1 amide bonds. The van der Waals surface area contributed by atoms with Gasteiger partial charge in [-0.2, -0.15) is 0 Å². The molecule has 0 aliphatic carbocycles. The number of carbonyl (C=O) groups is 1. The van der Waals surface area contributed by atoms with Crippen molar-refractivity contribution >= 4 is 22.4 Å². The van der Waals surface area contributed by atoms with Crippen LogP contribution in [0.3, 0.4) is 0 Å². The Morgan fingerprint density at radius 1 is 1.28 bits per heavy atom. The lowest BCUT2D eigenvalue weighted by molar-refractivity contribution is -0.132. The van der Waals surface area contributed by atoms with E-state index in [0.717, 1.165) is 35.9 Å². The van der Waals surface area contributed by atoms with Crippen molar-refractivity contribution in [2.75, 3.05) is 25.0 Å². The predicted octanol–water partition coefficient (Wildman–Crippen LogP) is 4.02. The Kier molecular flexibility index (Phi) is 5.67. The predicted molar refractivity (Wildman–Crippen MR) is 114 cm³/mol. The molecule has 0 saturated carbocycles. The second-order valence-corrected chi connectivity index (χ2v) is 8.37. The molecule has 0 radical (unpaired) electrons. The first-order valence-electron chi connectivity index (χ1n) is 10.1. The highest BCUT2D eigenvalue weighted by Gasteiger charge is 2.40. The molecular weight excluding hydrogens is 384 g/mol. The van der Waals surface area contributed by atoms with E-state index in [0.29, 0.717) is 18.8 Å². The first-order valence-corrected chi connectivity index (χ1v) is 10.9. The fourth-order valence-corrected chi connectivity index (χ4v) is 4.95. The summed E-state index contributed by atoms with van der Waals surface area (Å²) in [6, 6.07) is 12.4. The molecule has 3 heterocycles. The van der Waals surface area contributed by atoms with E-state index in [4.69, 9.17) is 9.51 Å².